The summed E-state index contributed by atoms with van der Waals surface area (Å²) in [5, 5.41) is 3.47. The molecule has 3 aliphatic carbocycles. The maximum atomic E-state index is 4.79. The number of nitrogens with zero attached hydrogens (tertiary/aromatic N) is 3. The van der Waals surface area contributed by atoms with Gasteiger partial charge in [0, 0.05) is 44.0 Å². The average Bonchev–Trinajstić information content (AvgIpc) is 3.32. The molecule has 4 nitrogen and oxygen atoms in total. The normalized spacial score (nSPS) is 22.1. The first kappa shape index (κ1) is 14.8. The number of nitrogens with one attached hydrogen (secondary N) is 1. The summed E-state index contributed by atoms with van der Waals surface area (Å²) in [4.78, 5) is 13.6. The van der Waals surface area contributed by atoms with Crippen LogP contribution in [0.25, 0.3) is 11.6 Å². The Morgan fingerprint density at radius 2 is 2.16 bits per heavy atom. The molecule has 25 heavy (non-hydrogen) atoms. The van der Waals surface area contributed by atoms with E-state index in [9.17, 15) is 0 Å². The van der Waals surface area contributed by atoms with Crippen LogP contribution < -0.4 is 5.32 Å². The summed E-state index contributed by atoms with van der Waals surface area (Å²) in [6, 6.07) is 2.59. The highest BCUT2D eigenvalue weighted by Gasteiger charge is 2.30. The van der Waals surface area contributed by atoms with Crippen molar-refractivity contribution in [2.24, 2.45) is 5.92 Å². The lowest BCUT2D eigenvalue weighted by molar-refractivity contribution is 0.685. The molecule has 0 aromatic carbocycles. The maximum Gasteiger partial charge on any atom is 0.223 e. The van der Waals surface area contributed by atoms with E-state index in [1.54, 1.807) is 0 Å². The monoisotopic (exact) mass is 332 g/mol. The fourth-order valence-corrected chi connectivity index (χ4v) is 4.07. The lowest BCUT2D eigenvalue weighted by Crippen LogP contribution is -2.19. The van der Waals surface area contributed by atoms with E-state index in [0.29, 0.717) is 12.0 Å². The molecule has 2 atom stereocenters. The smallest absolute Gasteiger partial charge is 0.223 e. The number of anilines is 1. The van der Waals surface area contributed by atoms with Crippen LogP contribution in [0.15, 0.2) is 36.3 Å². The van der Waals surface area contributed by atoms with E-state index in [4.69, 9.17) is 4.98 Å². The van der Waals surface area contributed by atoms with Gasteiger partial charge in [-0.2, -0.15) is 0 Å². The number of rotatable bonds is 4. The van der Waals surface area contributed by atoms with Crippen molar-refractivity contribution in [2.45, 2.75) is 45.1 Å². The van der Waals surface area contributed by atoms with E-state index < -0.39 is 0 Å². The number of allylic oxidation sites excluding steroid dienone is 3. The van der Waals surface area contributed by atoms with Gasteiger partial charge in [-0.1, -0.05) is 13.0 Å². The SMILES string of the molecule is CC1C(C2=CCc3nc(N[C@H](C)C4CC4)ncc32)=Cc2cnccc21.[HH]. The van der Waals surface area contributed by atoms with Crippen LogP contribution in [0.1, 0.15) is 56.4 Å². The van der Waals surface area contributed by atoms with Gasteiger partial charge in [0.1, 0.15) is 0 Å². The lowest BCUT2D eigenvalue weighted by Gasteiger charge is -2.15. The second-order valence-corrected chi connectivity index (χ2v) is 7.47. The summed E-state index contributed by atoms with van der Waals surface area (Å²) in [5.41, 5.74) is 7.56. The first-order valence-electron chi connectivity index (χ1n) is 9.19. The van der Waals surface area contributed by atoms with Gasteiger partial charge in [-0.3, -0.25) is 4.98 Å². The van der Waals surface area contributed by atoms with E-state index in [1.807, 2.05) is 18.6 Å². The Labute approximate surface area is 149 Å². The minimum Gasteiger partial charge on any atom is -0.351 e. The molecule has 5 rings (SSSR count). The summed E-state index contributed by atoms with van der Waals surface area (Å²) in [6.07, 6.45) is 13.9. The van der Waals surface area contributed by atoms with Crippen LogP contribution in [0.4, 0.5) is 5.95 Å². The number of hydrogen-bond donors (Lipinski definition) is 1. The van der Waals surface area contributed by atoms with Gasteiger partial charge in [-0.25, -0.2) is 9.97 Å². The Morgan fingerprint density at radius 3 is 2.96 bits per heavy atom. The molecule has 1 saturated carbocycles. The highest BCUT2D eigenvalue weighted by atomic mass is 15.1. The van der Waals surface area contributed by atoms with Gasteiger partial charge in [0.15, 0.2) is 0 Å². The van der Waals surface area contributed by atoms with E-state index in [-0.39, 0.29) is 1.43 Å². The van der Waals surface area contributed by atoms with Crippen molar-refractivity contribution in [2.75, 3.05) is 5.32 Å². The first-order valence-corrected chi connectivity index (χ1v) is 9.19. The molecule has 2 heterocycles. The van der Waals surface area contributed by atoms with Crippen molar-refractivity contribution in [3.63, 3.8) is 0 Å². The molecule has 3 aliphatic rings. The fourth-order valence-electron chi connectivity index (χ4n) is 4.07. The summed E-state index contributed by atoms with van der Waals surface area (Å²) in [5.74, 6) is 1.96. The highest BCUT2D eigenvalue weighted by molar-refractivity contribution is 5.91. The van der Waals surface area contributed by atoms with Gasteiger partial charge < -0.3 is 5.32 Å². The zero-order valence-corrected chi connectivity index (χ0v) is 14.7. The zero-order chi connectivity index (χ0) is 17.0. The molecule has 0 bridgehead atoms. The Balaban J connectivity index is 0.00000168. The molecule has 2 aromatic rings. The molecule has 1 N–H and O–H groups in total. The topological polar surface area (TPSA) is 50.7 Å². The van der Waals surface area contributed by atoms with Crippen LogP contribution in [0.2, 0.25) is 0 Å². The van der Waals surface area contributed by atoms with Crippen LogP contribution in [0.3, 0.4) is 0 Å². The molecule has 1 unspecified atom stereocenters. The van der Waals surface area contributed by atoms with Crippen LogP contribution >= 0.6 is 0 Å². The van der Waals surface area contributed by atoms with Crippen molar-refractivity contribution in [3.05, 3.63) is 58.7 Å². The Morgan fingerprint density at radius 1 is 1.28 bits per heavy atom. The van der Waals surface area contributed by atoms with Crippen LogP contribution in [0, 0.1) is 5.92 Å². The molecular formula is C21H24N4. The van der Waals surface area contributed by atoms with Crippen LogP contribution in [0.5, 0.6) is 0 Å². The van der Waals surface area contributed by atoms with Gasteiger partial charge in [-0.15, -0.1) is 0 Å². The lowest BCUT2D eigenvalue weighted by atomic mass is 9.91. The Kier molecular flexibility index (Phi) is 3.27. The quantitative estimate of drug-likeness (QED) is 0.897. The van der Waals surface area contributed by atoms with Crippen molar-refractivity contribution in [3.8, 4) is 0 Å². The minimum absolute atomic E-state index is 0. The summed E-state index contributed by atoms with van der Waals surface area (Å²) >= 11 is 0. The molecule has 0 aliphatic heterocycles. The summed E-state index contributed by atoms with van der Waals surface area (Å²) < 4.78 is 0. The molecule has 128 valence electrons. The summed E-state index contributed by atoms with van der Waals surface area (Å²) in [7, 11) is 0. The van der Waals surface area contributed by atoms with Crippen molar-refractivity contribution < 1.29 is 1.43 Å². The van der Waals surface area contributed by atoms with Crippen molar-refractivity contribution in [1.29, 1.82) is 0 Å². The summed E-state index contributed by atoms with van der Waals surface area (Å²) in [6.45, 7) is 4.50. The third kappa shape index (κ3) is 2.48. The van der Waals surface area contributed by atoms with Gasteiger partial charge in [0.2, 0.25) is 5.95 Å². The molecule has 0 radical (unpaired) electrons. The predicted octanol–water partition coefficient (Wildman–Crippen LogP) is 4.47. The highest BCUT2D eigenvalue weighted by Crippen LogP contribution is 2.45. The largest absolute Gasteiger partial charge is 0.351 e. The third-order valence-corrected chi connectivity index (χ3v) is 5.79. The third-order valence-electron chi connectivity index (χ3n) is 5.79. The van der Waals surface area contributed by atoms with Gasteiger partial charge in [-0.05, 0) is 60.1 Å². The van der Waals surface area contributed by atoms with Gasteiger partial charge in [0.05, 0.1) is 5.69 Å². The maximum absolute atomic E-state index is 4.79. The number of hydrogen-bond acceptors (Lipinski definition) is 4. The van der Waals surface area contributed by atoms with Crippen LogP contribution in [-0.2, 0) is 6.42 Å². The molecule has 1 fully saturated rings. The molecule has 0 amide bonds. The molecular weight excluding hydrogens is 308 g/mol. The second kappa shape index (κ2) is 5.51. The number of fused-ring (bicyclic) bond motifs is 2. The van der Waals surface area contributed by atoms with Crippen molar-refractivity contribution in [1.82, 2.24) is 15.0 Å². The first-order chi connectivity index (χ1) is 12.2. The molecule has 0 spiro atoms. The average molecular weight is 332 g/mol. The van der Waals surface area contributed by atoms with Crippen molar-refractivity contribution >= 4 is 17.6 Å². The fraction of sp³-hybridized carbons (Fsp3) is 0.381. The van der Waals surface area contributed by atoms with Gasteiger partial charge >= 0.3 is 0 Å². The minimum atomic E-state index is 0. The second-order valence-electron chi connectivity index (χ2n) is 7.47. The Hall–Kier alpha value is -2.49. The van der Waals surface area contributed by atoms with E-state index in [0.717, 1.165) is 24.0 Å². The zero-order valence-electron chi connectivity index (χ0n) is 14.7. The van der Waals surface area contributed by atoms with Crippen LogP contribution in [-0.4, -0.2) is 21.0 Å². The number of aromatic nitrogens is 3. The number of pyridine rings is 1. The van der Waals surface area contributed by atoms with E-state index >= 15 is 0 Å². The van der Waals surface area contributed by atoms with Gasteiger partial charge in [0.25, 0.3) is 0 Å². The Bertz CT molecular complexity index is 914. The standard InChI is InChI=1S/C21H22N4.H2/c1-12-16-7-8-22-10-15(16)9-18(12)17-5-6-20-19(17)11-23-21(25-20)24-13(2)14-3-4-14;/h5,7-14H,3-4,6H2,1-2H3,(H,23,24,25);1H/t12?,13-;/m1./s1. The van der Waals surface area contributed by atoms with E-state index in [2.05, 4.69) is 47.4 Å². The van der Waals surface area contributed by atoms with E-state index in [1.165, 1.54) is 40.7 Å². The predicted molar refractivity (Wildman–Crippen MR) is 102 cm³/mol. The molecule has 0 saturated heterocycles. The molecule has 2 aromatic heterocycles. The molecule has 4 heteroatoms.